The average Bonchev–Trinajstić information content (AvgIpc) is 2.30. The van der Waals surface area contributed by atoms with Crippen LogP contribution in [0.3, 0.4) is 0 Å². The van der Waals surface area contributed by atoms with Crippen molar-refractivity contribution in [2.45, 2.75) is 0 Å². The molecule has 0 N–H and O–H groups in total. The minimum Gasteiger partial charge on any atom is -0.465 e. The van der Waals surface area contributed by atoms with E-state index in [4.69, 9.17) is 11.6 Å². The number of carbonyl (C=O) groups excluding carboxylic acids is 1. The van der Waals surface area contributed by atoms with Crippen LogP contribution in [0.25, 0.3) is 10.8 Å². The minimum atomic E-state index is -0.541. The van der Waals surface area contributed by atoms with Gasteiger partial charge in [-0.1, -0.05) is 11.6 Å². The molecular formula is C12H7BrClFO2. The molecule has 0 saturated carbocycles. The molecule has 0 amide bonds. The van der Waals surface area contributed by atoms with Crippen LogP contribution in [-0.4, -0.2) is 13.1 Å². The van der Waals surface area contributed by atoms with Crippen LogP contribution in [0.5, 0.6) is 0 Å². The van der Waals surface area contributed by atoms with E-state index in [1.807, 2.05) is 0 Å². The maximum Gasteiger partial charge on any atom is 0.339 e. The lowest BCUT2D eigenvalue weighted by Gasteiger charge is -2.06. The first-order valence-electron chi connectivity index (χ1n) is 4.69. The van der Waals surface area contributed by atoms with Gasteiger partial charge in [0.1, 0.15) is 5.82 Å². The van der Waals surface area contributed by atoms with Gasteiger partial charge in [0.25, 0.3) is 0 Å². The molecule has 0 bridgehead atoms. The molecule has 0 aromatic heterocycles. The molecule has 2 aromatic carbocycles. The fourth-order valence-corrected chi connectivity index (χ4v) is 2.14. The average molecular weight is 318 g/mol. The lowest BCUT2D eigenvalue weighted by molar-refractivity contribution is 0.0601. The number of halogens is 3. The molecule has 17 heavy (non-hydrogen) atoms. The van der Waals surface area contributed by atoms with E-state index < -0.39 is 11.8 Å². The summed E-state index contributed by atoms with van der Waals surface area (Å²) in [5, 5.41) is 1.62. The van der Waals surface area contributed by atoms with E-state index in [1.54, 1.807) is 12.1 Å². The first-order chi connectivity index (χ1) is 8.02. The Morgan fingerprint density at radius 1 is 1.29 bits per heavy atom. The SMILES string of the molecule is COC(=O)c1cc2cc(F)c(Br)cc2cc1Cl. The molecule has 0 heterocycles. The third kappa shape index (κ3) is 2.28. The number of benzene rings is 2. The minimum absolute atomic E-state index is 0.225. The summed E-state index contributed by atoms with van der Waals surface area (Å²) in [6, 6.07) is 6.06. The summed E-state index contributed by atoms with van der Waals surface area (Å²) in [7, 11) is 1.27. The zero-order chi connectivity index (χ0) is 12.6. The topological polar surface area (TPSA) is 26.3 Å². The Morgan fingerprint density at radius 3 is 2.59 bits per heavy atom. The third-order valence-corrected chi connectivity index (χ3v) is 3.29. The standard InChI is InChI=1S/C12H7BrClFO2/c1-17-12(16)8-2-6-5-11(15)9(13)3-7(6)4-10(8)14/h2-5H,1H3. The molecule has 0 aliphatic rings. The summed E-state index contributed by atoms with van der Waals surface area (Å²) in [6.45, 7) is 0. The van der Waals surface area contributed by atoms with Crippen molar-refractivity contribution in [3.63, 3.8) is 0 Å². The van der Waals surface area contributed by atoms with Gasteiger partial charge in [0.05, 0.1) is 22.2 Å². The molecule has 0 aliphatic carbocycles. The van der Waals surface area contributed by atoms with E-state index in [0.29, 0.717) is 9.86 Å². The van der Waals surface area contributed by atoms with Crippen LogP contribution < -0.4 is 0 Å². The van der Waals surface area contributed by atoms with Crippen molar-refractivity contribution in [3.05, 3.63) is 45.1 Å². The van der Waals surface area contributed by atoms with Gasteiger partial charge < -0.3 is 4.74 Å². The Kier molecular flexibility index (Phi) is 3.35. The molecule has 0 atom stereocenters. The van der Waals surface area contributed by atoms with Crippen LogP contribution >= 0.6 is 27.5 Å². The van der Waals surface area contributed by atoms with Gasteiger partial charge in [0, 0.05) is 0 Å². The Bertz CT molecular complexity index is 613. The van der Waals surface area contributed by atoms with Crippen LogP contribution in [0.2, 0.25) is 5.02 Å². The fraction of sp³-hybridized carbons (Fsp3) is 0.0833. The molecule has 0 fully saturated rings. The third-order valence-electron chi connectivity index (χ3n) is 2.37. The van der Waals surface area contributed by atoms with E-state index in [2.05, 4.69) is 20.7 Å². The predicted octanol–water partition coefficient (Wildman–Crippen LogP) is 4.18. The highest BCUT2D eigenvalue weighted by Gasteiger charge is 2.13. The summed E-state index contributed by atoms with van der Waals surface area (Å²) in [5.41, 5.74) is 0.225. The second kappa shape index (κ2) is 4.63. The number of rotatable bonds is 1. The summed E-state index contributed by atoms with van der Waals surface area (Å²) >= 11 is 9.05. The fourth-order valence-electron chi connectivity index (χ4n) is 1.53. The van der Waals surface area contributed by atoms with Crippen molar-refractivity contribution in [1.29, 1.82) is 0 Å². The summed E-state index contributed by atoms with van der Waals surface area (Å²) in [5.74, 6) is -0.934. The zero-order valence-corrected chi connectivity index (χ0v) is 11.1. The van der Waals surface area contributed by atoms with E-state index in [-0.39, 0.29) is 10.6 Å². The smallest absolute Gasteiger partial charge is 0.339 e. The van der Waals surface area contributed by atoms with Crippen molar-refractivity contribution in [1.82, 2.24) is 0 Å². The number of fused-ring (bicyclic) bond motifs is 1. The number of carbonyl (C=O) groups is 1. The Morgan fingerprint density at radius 2 is 1.94 bits per heavy atom. The van der Waals surface area contributed by atoms with Crippen molar-refractivity contribution < 1.29 is 13.9 Å². The van der Waals surface area contributed by atoms with Crippen molar-refractivity contribution in [2.24, 2.45) is 0 Å². The molecule has 0 saturated heterocycles. The molecule has 0 unspecified atom stereocenters. The summed E-state index contributed by atoms with van der Waals surface area (Å²) < 4.78 is 18.3. The van der Waals surface area contributed by atoms with Gasteiger partial charge in [-0.2, -0.15) is 0 Å². The number of methoxy groups -OCH3 is 1. The predicted molar refractivity (Wildman–Crippen MR) is 68.0 cm³/mol. The summed E-state index contributed by atoms with van der Waals surface area (Å²) in [6.07, 6.45) is 0. The van der Waals surface area contributed by atoms with Crippen molar-refractivity contribution in [2.75, 3.05) is 7.11 Å². The largest absolute Gasteiger partial charge is 0.465 e. The van der Waals surface area contributed by atoms with E-state index in [0.717, 1.165) is 5.39 Å². The van der Waals surface area contributed by atoms with Crippen molar-refractivity contribution in [3.8, 4) is 0 Å². The quantitative estimate of drug-likeness (QED) is 0.738. The Balaban J connectivity index is 2.71. The first-order valence-corrected chi connectivity index (χ1v) is 5.86. The van der Waals surface area contributed by atoms with Crippen LogP contribution in [0.15, 0.2) is 28.7 Å². The second-order valence-corrected chi connectivity index (χ2v) is 4.70. The molecule has 5 heteroatoms. The highest BCUT2D eigenvalue weighted by atomic mass is 79.9. The monoisotopic (exact) mass is 316 g/mol. The van der Waals surface area contributed by atoms with Gasteiger partial charge in [-0.15, -0.1) is 0 Å². The molecule has 2 nitrogen and oxygen atoms in total. The molecule has 0 radical (unpaired) electrons. The highest BCUT2D eigenvalue weighted by Crippen LogP contribution is 2.28. The number of ether oxygens (including phenoxy) is 1. The molecular weight excluding hydrogens is 310 g/mol. The number of hydrogen-bond acceptors (Lipinski definition) is 2. The molecule has 2 rings (SSSR count). The lowest BCUT2D eigenvalue weighted by Crippen LogP contribution is -2.02. The number of esters is 1. The van der Waals surface area contributed by atoms with Crippen LogP contribution in [0.1, 0.15) is 10.4 Å². The Hall–Kier alpha value is -1.13. The molecule has 88 valence electrons. The van der Waals surface area contributed by atoms with Gasteiger partial charge in [0.15, 0.2) is 0 Å². The normalized spacial score (nSPS) is 10.6. The van der Waals surface area contributed by atoms with Gasteiger partial charge >= 0.3 is 5.97 Å². The maximum atomic E-state index is 13.4. The maximum absolute atomic E-state index is 13.4. The summed E-state index contributed by atoms with van der Waals surface area (Å²) in [4.78, 5) is 11.4. The first kappa shape index (κ1) is 12.3. The molecule has 2 aromatic rings. The second-order valence-electron chi connectivity index (χ2n) is 3.44. The Labute approximate surface area is 110 Å². The van der Waals surface area contributed by atoms with Crippen molar-refractivity contribution >= 4 is 44.3 Å². The van der Waals surface area contributed by atoms with Gasteiger partial charge in [-0.05, 0) is 51.0 Å². The lowest BCUT2D eigenvalue weighted by atomic mass is 10.1. The zero-order valence-electron chi connectivity index (χ0n) is 8.76. The van der Waals surface area contributed by atoms with E-state index in [9.17, 15) is 9.18 Å². The number of hydrogen-bond donors (Lipinski definition) is 0. The molecule has 0 spiro atoms. The molecule has 0 aliphatic heterocycles. The van der Waals surface area contributed by atoms with Crippen LogP contribution in [0.4, 0.5) is 4.39 Å². The van der Waals surface area contributed by atoms with Gasteiger partial charge in [0.2, 0.25) is 0 Å². The van der Waals surface area contributed by atoms with E-state index >= 15 is 0 Å². The van der Waals surface area contributed by atoms with Gasteiger partial charge in [-0.3, -0.25) is 0 Å². The van der Waals surface area contributed by atoms with Crippen LogP contribution in [-0.2, 0) is 4.74 Å². The van der Waals surface area contributed by atoms with Crippen LogP contribution in [0, 0.1) is 5.82 Å². The van der Waals surface area contributed by atoms with E-state index in [1.165, 1.54) is 19.2 Å². The van der Waals surface area contributed by atoms with Gasteiger partial charge in [-0.25, -0.2) is 9.18 Å². The highest BCUT2D eigenvalue weighted by molar-refractivity contribution is 9.10.